The molecule has 3 aromatic heterocycles. The van der Waals surface area contributed by atoms with Crippen LogP contribution in [-0.4, -0.2) is 47.8 Å². The Balaban J connectivity index is 1.07. The predicted octanol–water partition coefficient (Wildman–Crippen LogP) is 11.0. The first-order valence-corrected chi connectivity index (χ1v) is 20.5. The third kappa shape index (κ3) is 8.02. The van der Waals surface area contributed by atoms with E-state index in [2.05, 4.69) is 29.9 Å². The summed E-state index contributed by atoms with van der Waals surface area (Å²) >= 11 is 0. The lowest BCUT2D eigenvalue weighted by Gasteiger charge is -2.12. The van der Waals surface area contributed by atoms with Crippen LogP contribution in [0.3, 0.4) is 0 Å². The van der Waals surface area contributed by atoms with Crippen LogP contribution in [0.15, 0.2) is 60.7 Å². The maximum atomic E-state index is 14.3. The molecule has 0 amide bonds. The number of aromatic nitrogens is 6. The molecule has 0 saturated heterocycles. The summed E-state index contributed by atoms with van der Waals surface area (Å²) in [6, 6.07) is 10.8. The topological polar surface area (TPSA) is 156 Å². The average Bonchev–Trinajstić information content (AvgIpc) is 3.41. The molecule has 0 spiro atoms. The summed E-state index contributed by atoms with van der Waals surface area (Å²) in [7, 11) is 0. The lowest BCUT2D eigenvalue weighted by molar-refractivity contribution is 0.0453. The second kappa shape index (κ2) is 18.1. The van der Waals surface area contributed by atoms with Crippen molar-refractivity contribution in [3.8, 4) is 0 Å². The van der Waals surface area contributed by atoms with E-state index in [1.165, 1.54) is 24.3 Å². The maximum Gasteiger partial charge on any atom is 0.338 e. The Labute approximate surface area is 398 Å². The zero-order valence-electron chi connectivity index (χ0n) is 35.8. The third-order valence-electron chi connectivity index (χ3n) is 11.2. The molecular formula is C48H16F14N6O6. The largest absolute Gasteiger partial charge is 0.457 e. The number of fused-ring (bicyclic) bond motifs is 9. The molecule has 12 nitrogen and oxygen atoms in total. The number of hydrogen-bond donors (Lipinski definition) is 0. The molecule has 3 heterocycles. The molecule has 0 aliphatic carbocycles. The summed E-state index contributed by atoms with van der Waals surface area (Å²) in [4.78, 5) is 67.2. The van der Waals surface area contributed by atoms with E-state index in [4.69, 9.17) is 14.2 Å². The first kappa shape index (κ1) is 48.4. The van der Waals surface area contributed by atoms with E-state index in [9.17, 15) is 75.8 Å². The fourth-order valence-electron chi connectivity index (χ4n) is 7.48. The third-order valence-corrected chi connectivity index (χ3v) is 11.2. The molecule has 10 aromatic rings. The van der Waals surface area contributed by atoms with Gasteiger partial charge in [0, 0.05) is 5.56 Å². The minimum atomic E-state index is -2.43. The molecule has 7 aromatic carbocycles. The van der Waals surface area contributed by atoms with Gasteiger partial charge in [-0.25, -0.2) is 106 Å². The molecule has 0 aliphatic heterocycles. The van der Waals surface area contributed by atoms with E-state index < -0.39 is 136 Å². The molecule has 0 radical (unpaired) electrons. The Kier molecular flexibility index (Phi) is 11.8. The number of hydrogen-bond acceptors (Lipinski definition) is 12. The normalized spacial score (nSPS) is 11.7. The van der Waals surface area contributed by atoms with E-state index in [-0.39, 0.29) is 82.9 Å². The molecule has 10 rings (SSSR count). The van der Waals surface area contributed by atoms with E-state index in [1.807, 2.05) is 0 Å². The minimum absolute atomic E-state index is 0.0183. The summed E-state index contributed by atoms with van der Waals surface area (Å²) in [5, 5.41) is 0. The van der Waals surface area contributed by atoms with Crippen molar-refractivity contribution in [2.45, 2.75) is 19.8 Å². The minimum Gasteiger partial charge on any atom is -0.457 e. The van der Waals surface area contributed by atoms with Gasteiger partial charge in [0.15, 0.2) is 69.8 Å². The summed E-state index contributed by atoms with van der Waals surface area (Å²) < 4.78 is 210. The van der Waals surface area contributed by atoms with Gasteiger partial charge in [-0.15, -0.1) is 0 Å². The lowest BCUT2D eigenvalue weighted by Crippen LogP contribution is -2.12. The van der Waals surface area contributed by atoms with Gasteiger partial charge in [0.1, 0.15) is 52.9 Å². The number of nitrogens with zero attached hydrogens (tertiary/aromatic N) is 6. The van der Waals surface area contributed by atoms with Gasteiger partial charge in [0.05, 0.1) is 60.9 Å². The summed E-state index contributed by atoms with van der Waals surface area (Å²) in [6.45, 7) is -3.83. The number of esters is 3. The van der Waals surface area contributed by atoms with Crippen LogP contribution in [0.1, 0.15) is 47.8 Å². The van der Waals surface area contributed by atoms with Gasteiger partial charge < -0.3 is 14.2 Å². The smallest absolute Gasteiger partial charge is 0.338 e. The second-order valence-corrected chi connectivity index (χ2v) is 15.7. The Bertz CT molecular complexity index is 4000. The van der Waals surface area contributed by atoms with Gasteiger partial charge >= 0.3 is 17.9 Å². The van der Waals surface area contributed by atoms with Gasteiger partial charge in [-0.1, -0.05) is 0 Å². The molecule has 26 heteroatoms. The first-order valence-electron chi connectivity index (χ1n) is 20.5. The molecule has 74 heavy (non-hydrogen) atoms. The van der Waals surface area contributed by atoms with Crippen molar-refractivity contribution in [1.82, 2.24) is 29.9 Å². The molecule has 372 valence electrons. The van der Waals surface area contributed by atoms with Crippen LogP contribution in [0.4, 0.5) is 61.5 Å². The monoisotopic (exact) mass is 1040 g/mol. The van der Waals surface area contributed by atoms with Gasteiger partial charge in [-0.3, -0.25) is 0 Å². The molecule has 0 bridgehead atoms. The summed E-state index contributed by atoms with van der Waals surface area (Å²) in [5.74, 6) is -34.5. The van der Waals surface area contributed by atoms with Crippen LogP contribution in [-0.2, 0) is 34.0 Å². The van der Waals surface area contributed by atoms with Crippen LogP contribution < -0.4 is 0 Å². The molecule has 0 saturated carbocycles. The number of carbonyl (C=O) groups is 3. The zero-order chi connectivity index (χ0) is 52.8. The summed E-state index contributed by atoms with van der Waals surface area (Å²) in [5.41, 5.74) is -5.45. The number of halogens is 14. The molecule has 0 fully saturated rings. The van der Waals surface area contributed by atoms with Gasteiger partial charge in [0.25, 0.3) is 0 Å². The van der Waals surface area contributed by atoms with Crippen LogP contribution in [0.2, 0.25) is 0 Å². The average molecular weight is 1040 g/mol. The maximum absolute atomic E-state index is 14.3. The highest BCUT2D eigenvalue weighted by Gasteiger charge is 2.29. The number of carbonyl (C=O) groups excluding carboxylic acids is 3. The van der Waals surface area contributed by atoms with Gasteiger partial charge in [-0.2, -0.15) is 0 Å². The molecule has 0 aliphatic rings. The second-order valence-electron chi connectivity index (χ2n) is 15.7. The van der Waals surface area contributed by atoms with Crippen LogP contribution >= 0.6 is 0 Å². The molecule has 0 N–H and O–H groups in total. The Morgan fingerprint density at radius 2 is 0.581 bits per heavy atom. The SMILES string of the molecule is O=C(OCc1cc(F)c(F)c(F)c1F)c1ccc2nc3c(nc2c1)c1nc2ccc(C(=O)OCc4c(F)c(F)c(F)c(F)c4F)cc2nc1c1nc2ccc(C(=O)OCc4c(F)c(F)c(F)c(F)c4F)cc2nc31. The van der Waals surface area contributed by atoms with Gasteiger partial charge in [-0.05, 0) is 60.7 Å². The van der Waals surface area contributed by atoms with Crippen molar-refractivity contribution < 1.29 is 90.1 Å². The fourth-order valence-corrected chi connectivity index (χ4v) is 7.48. The van der Waals surface area contributed by atoms with Crippen LogP contribution in [0.5, 0.6) is 0 Å². The first-order chi connectivity index (χ1) is 35.2. The van der Waals surface area contributed by atoms with Crippen LogP contribution in [0.25, 0.3) is 66.2 Å². The molecule has 0 atom stereocenters. The molecular weight excluding hydrogens is 1020 g/mol. The number of benzene rings is 7. The van der Waals surface area contributed by atoms with E-state index >= 15 is 0 Å². The van der Waals surface area contributed by atoms with Crippen LogP contribution in [0, 0.1) is 81.4 Å². The van der Waals surface area contributed by atoms with E-state index in [0.29, 0.717) is 6.07 Å². The highest BCUT2D eigenvalue weighted by Crippen LogP contribution is 2.35. The fraction of sp³-hybridized carbons (Fsp3) is 0.0625. The van der Waals surface area contributed by atoms with Crippen molar-refractivity contribution in [1.29, 1.82) is 0 Å². The predicted molar refractivity (Wildman–Crippen MR) is 224 cm³/mol. The van der Waals surface area contributed by atoms with Crippen molar-refractivity contribution >= 4 is 84.1 Å². The van der Waals surface area contributed by atoms with Crippen molar-refractivity contribution in [2.75, 3.05) is 0 Å². The van der Waals surface area contributed by atoms with Crippen molar-refractivity contribution in [2.24, 2.45) is 0 Å². The zero-order valence-corrected chi connectivity index (χ0v) is 35.8. The number of rotatable bonds is 9. The van der Waals surface area contributed by atoms with Crippen molar-refractivity contribution in [3.63, 3.8) is 0 Å². The highest BCUT2D eigenvalue weighted by atomic mass is 19.2. The summed E-state index contributed by atoms with van der Waals surface area (Å²) in [6.07, 6.45) is 0. The van der Waals surface area contributed by atoms with E-state index in [1.54, 1.807) is 0 Å². The van der Waals surface area contributed by atoms with Crippen molar-refractivity contribution in [3.05, 3.63) is 175 Å². The standard InChI is InChI=1S/C48H16F14N6O6/c49-20-7-17(27(50)33(56)32(20)55)11-72-46(69)14-1-4-21-24(8-14)66-43-40(63-21)44-42(65-23-6-3-16(10-26(23)67-44)48(71)74-13-19-30(53)36(59)39(62)37(60)31(19)54)45-41(43)64-22-5-2-15(9-25(22)68-45)47(70)73-12-18-28(51)34(57)38(61)35(58)29(18)52/h1-10H,11-13H2. The quantitative estimate of drug-likeness (QED) is 0.0257. The highest BCUT2D eigenvalue weighted by molar-refractivity contribution is 6.21. The van der Waals surface area contributed by atoms with E-state index in [0.717, 1.165) is 30.3 Å². The molecule has 0 unspecified atom stereocenters. The lowest BCUT2D eigenvalue weighted by atomic mass is 10.1. The number of ether oxygens (including phenoxy) is 3. The Morgan fingerprint density at radius 1 is 0.311 bits per heavy atom. The van der Waals surface area contributed by atoms with Gasteiger partial charge in [0.2, 0.25) is 11.6 Å². The Morgan fingerprint density at radius 3 is 0.905 bits per heavy atom. The Hall–Kier alpha value is -9.23.